The average molecular weight is 247 g/mol. The fourth-order valence-corrected chi connectivity index (χ4v) is 1.41. The number of hydrogen-bond donors (Lipinski definition) is 2. The van der Waals surface area contributed by atoms with Crippen LogP contribution in [0.25, 0.3) is 0 Å². The quantitative estimate of drug-likeness (QED) is 0.790. The lowest BCUT2D eigenvalue weighted by Crippen LogP contribution is -2.33. The zero-order chi connectivity index (χ0) is 13.5. The van der Waals surface area contributed by atoms with Crippen LogP contribution >= 0.6 is 0 Å². The Bertz CT molecular complexity index is 494. The van der Waals surface area contributed by atoms with Crippen LogP contribution in [-0.4, -0.2) is 42.0 Å². The van der Waals surface area contributed by atoms with Crippen molar-refractivity contribution in [2.24, 2.45) is 0 Å². The van der Waals surface area contributed by atoms with Crippen molar-refractivity contribution < 1.29 is 14.7 Å². The van der Waals surface area contributed by atoms with Crippen molar-refractivity contribution >= 4 is 17.6 Å². The molecule has 0 spiro atoms. The van der Waals surface area contributed by atoms with E-state index >= 15 is 0 Å². The summed E-state index contributed by atoms with van der Waals surface area (Å²) in [4.78, 5) is 23.4. The fraction of sp³-hybridized carbons (Fsp3) is 0.250. The zero-order valence-corrected chi connectivity index (χ0v) is 9.88. The summed E-state index contributed by atoms with van der Waals surface area (Å²) in [7, 11) is 1.53. The minimum absolute atomic E-state index is 0.0495. The molecule has 0 aliphatic heterocycles. The van der Waals surface area contributed by atoms with E-state index in [4.69, 9.17) is 10.4 Å². The average Bonchev–Trinajstić information content (AvgIpc) is 2.28. The SMILES string of the molecule is CN(CC(=O)O)CC(=O)Nc1ccccc1C#N. The van der Waals surface area contributed by atoms with E-state index in [9.17, 15) is 9.59 Å². The second kappa shape index (κ2) is 6.37. The van der Waals surface area contributed by atoms with Crippen molar-refractivity contribution in [3.63, 3.8) is 0 Å². The summed E-state index contributed by atoms with van der Waals surface area (Å²) < 4.78 is 0. The van der Waals surface area contributed by atoms with E-state index in [0.29, 0.717) is 11.3 Å². The number of aliphatic carboxylic acids is 1. The molecule has 1 aromatic rings. The van der Waals surface area contributed by atoms with E-state index in [1.54, 1.807) is 24.3 Å². The number of para-hydroxylation sites is 1. The van der Waals surface area contributed by atoms with Crippen molar-refractivity contribution in [1.82, 2.24) is 4.90 Å². The highest BCUT2D eigenvalue weighted by Crippen LogP contribution is 2.13. The number of nitriles is 1. The standard InChI is InChI=1S/C12H13N3O3/c1-15(8-12(17)18)7-11(16)14-10-5-3-2-4-9(10)6-13/h2-5H,7-8H2,1H3,(H,14,16)(H,17,18). The third-order valence-corrected chi connectivity index (χ3v) is 2.14. The Balaban J connectivity index is 2.60. The van der Waals surface area contributed by atoms with Gasteiger partial charge in [0.1, 0.15) is 6.07 Å². The number of amides is 1. The molecule has 0 atom stereocenters. The second-order valence-corrected chi connectivity index (χ2v) is 3.77. The van der Waals surface area contributed by atoms with Gasteiger partial charge in [0.15, 0.2) is 0 Å². The van der Waals surface area contributed by atoms with Crippen LogP contribution in [0, 0.1) is 11.3 Å². The third kappa shape index (κ3) is 4.23. The maximum atomic E-state index is 11.6. The van der Waals surface area contributed by atoms with Crippen molar-refractivity contribution in [1.29, 1.82) is 5.26 Å². The number of anilines is 1. The number of nitrogens with zero attached hydrogens (tertiary/aromatic N) is 2. The van der Waals surface area contributed by atoms with Gasteiger partial charge in [0.25, 0.3) is 0 Å². The Morgan fingerprint density at radius 2 is 2.06 bits per heavy atom. The van der Waals surface area contributed by atoms with Crippen molar-refractivity contribution in [2.75, 3.05) is 25.5 Å². The molecule has 0 bridgehead atoms. The lowest BCUT2D eigenvalue weighted by Gasteiger charge is -2.13. The van der Waals surface area contributed by atoms with Gasteiger partial charge in [0, 0.05) is 0 Å². The number of carbonyl (C=O) groups excluding carboxylic acids is 1. The van der Waals surface area contributed by atoms with Crippen LogP contribution in [0.2, 0.25) is 0 Å². The van der Waals surface area contributed by atoms with Crippen LogP contribution in [-0.2, 0) is 9.59 Å². The Hall–Kier alpha value is -2.39. The molecule has 0 aliphatic carbocycles. The van der Waals surface area contributed by atoms with Gasteiger partial charge in [-0.2, -0.15) is 5.26 Å². The maximum Gasteiger partial charge on any atom is 0.317 e. The molecule has 0 fully saturated rings. The molecule has 0 saturated carbocycles. The molecular formula is C12H13N3O3. The summed E-state index contributed by atoms with van der Waals surface area (Å²) >= 11 is 0. The number of likely N-dealkylation sites (N-methyl/N-ethyl adjacent to an activating group) is 1. The van der Waals surface area contributed by atoms with E-state index < -0.39 is 5.97 Å². The Morgan fingerprint density at radius 1 is 1.39 bits per heavy atom. The van der Waals surface area contributed by atoms with Crippen molar-refractivity contribution in [3.8, 4) is 6.07 Å². The van der Waals surface area contributed by atoms with Gasteiger partial charge < -0.3 is 10.4 Å². The van der Waals surface area contributed by atoms with Crippen LogP contribution in [0.15, 0.2) is 24.3 Å². The van der Waals surface area contributed by atoms with Gasteiger partial charge in [-0.05, 0) is 19.2 Å². The summed E-state index contributed by atoms with van der Waals surface area (Å²) in [6, 6.07) is 8.58. The molecule has 0 heterocycles. The number of carbonyl (C=O) groups is 2. The molecule has 1 aromatic carbocycles. The van der Waals surface area contributed by atoms with Gasteiger partial charge in [0.2, 0.25) is 5.91 Å². The molecular weight excluding hydrogens is 234 g/mol. The Labute approximate surface area is 104 Å². The van der Waals surface area contributed by atoms with Gasteiger partial charge in [-0.25, -0.2) is 0 Å². The first-order chi connectivity index (χ1) is 8.52. The molecule has 1 rings (SSSR count). The molecule has 0 saturated heterocycles. The zero-order valence-electron chi connectivity index (χ0n) is 9.88. The first-order valence-corrected chi connectivity index (χ1v) is 5.22. The molecule has 0 aliphatic rings. The highest BCUT2D eigenvalue weighted by molar-refractivity contribution is 5.93. The summed E-state index contributed by atoms with van der Waals surface area (Å²) in [5, 5.41) is 20.0. The number of carboxylic acid groups (broad SMARTS) is 1. The van der Waals surface area contributed by atoms with Crippen LogP contribution in [0.3, 0.4) is 0 Å². The second-order valence-electron chi connectivity index (χ2n) is 3.77. The van der Waals surface area contributed by atoms with Gasteiger partial charge >= 0.3 is 5.97 Å². The number of carboxylic acids is 1. The van der Waals surface area contributed by atoms with Crippen LogP contribution in [0.5, 0.6) is 0 Å². The number of hydrogen-bond acceptors (Lipinski definition) is 4. The summed E-state index contributed by atoms with van der Waals surface area (Å²) in [6.07, 6.45) is 0. The molecule has 18 heavy (non-hydrogen) atoms. The smallest absolute Gasteiger partial charge is 0.317 e. The van der Waals surface area contributed by atoms with Crippen LogP contribution < -0.4 is 5.32 Å². The van der Waals surface area contributed by atoms with Crippen LogP contribution in [0.1, 0.15) is 5.56 Å². The normalized spacial score (nSPS) is 9.83. The van der Waals surface area contributed by atoms with Crippen molar-refractivity contribution in [3.05, 3.63) is 29.8 Å². The minimum atomic E-state index is -0.997. The Kier molecular flexibility index (Phi) is 4.84. The van der Waals surface area contributed by atoms with E-state index in [-0.39, 0.29) is 19.0 Å². The van der Waals surface area contributed by atoms with Crippen LogP contribution in [0.4, 0.5) is 5.69 Å². The third-order valence-electron chi connectivity index (χ3n) is 2.14. The molecule has 2 N–H and O–H groups in total. The lowest BCUT2D eigenvalue weighted by molar-refractivity contribution is -0.138. The number of benzene rings is 1. The highest BCUT2D eigenvalue weighted by Gasteiger charge is 2.11. The molecule has 0 radical (unpaired) electrons. The van der Waals surface area contributed by atoms with Gasteiger partial charge in [0.05, 0.1) is 24.3 Å². The Morgan fingerprint density at radius 3 is 2.67 bits per heavy atom. The van der Waals surface area contributed by atoms with E-state index in [1.807, 2.05) is 6.07 Å². The first kappa shape index (κ1) is 13.7. The predicted octanol–water partition coefficient (Wildman–Crippen LogP) is 0.513. The highest BCUT2D eigenvalue weighted by atomic mass is 16.4. The summed E-state index contributed by atoms with van der Waals surface area (Å²) in [5.74, 6) is -1.36. The molecule has 1 amide bonds. The fourth-order valence-electron chi connectivity index (χ4n) is 1.41. The first-order valence-electron chi connectivity index (χ1n) is 5.22. The maximum absolute atomic E-state index is 11.6. The number of rotatable bonds is 5. The topological polar surface area (TPSA) is 93.4 Å². The predicted molar refractivity (Wildman–Crippen MR) is 64.9 cm³/mol. The van der Waals surface area contributed by atoms with E-state index in [1.165, 1.54) is 11.9 Å². The monoisotopic (exact) mass is 247 g/mol. The van der Waals surface area contributed by atoms with Gasteiger partial charge in [-0.1, -0.05) is 12.1 Å². The minimum Gasteiger partial charge on any atom is -0.480 e. The van der Waals surface area contributed by atoms with Crippen molar-refractivity contribution in [2.45, 2.75) is 0 Å². The summed E-state index contributed by atoms with van der Waals surface area (Å²) in [5.41, 5.74) is 0.792. The molecule has 0 aromatic heterocycles. The van der Waals surface area contributed by atoms with Gasteiger partial charge in [-0.15, -0.1) is 0 Å². The molecule has 6 nitrogen and oxygen atoms in total. The van der Waals surface area contributed by atoms with E-state index in [2.05, 4.69) is 5.32 Å². The number of nitrogens with one attached hydrogen (secondary N) is 1. The molecule has 94 valence electrons. The molecule has 0 unspecified atom stereocenters. The largest absolute Gasteiger partial charge is 0.480 e. The lowest BCUT2D eigenvalue weighted by atomic mass is 10.2. The van der Waals surface area contributed by atoms with Gasteiger partial charge in [-0.3, -0.25) is 14.5 Å². The summed E-state index contributed by atoms with van der Waals surface area (Å²) in [6.45, 7) is -0.265. The molecule has 6 heteroatoms. The van der Waals surface area contributed by atoms with E-state index in [0.717, 1.165) is 0 Å².